The monoisotopic (exact) mass is 548 g/mol. The lowest BCUT2D eigenvalue weighted by Gasteiger charge is -2.14. The molecule has 0 fully saturated rings. The molecule has 9 heteroatoms. The SMILES string of the molecule is CCNC(=NCc1ccc(OCCOC)nc1)NCc1ccc(F)cc1CSC.I. The minimum Gasteiger partial charge on any atom is -0.475 e. The van der Waals surface area contributed by atoms with E-state index >= 15 is 0 Å². The van der Waals surface area contributed by atoms with Gasteiger partial charge in [-0.15, -0.1) is 24.0 Å². The summed E-state index contributed by atoms with van der Waals surface area (Å²) in [5.41, 5.74) is 3.03. The molecule has 0 saturated heterocycles. The molecule has 0 bridgehead atoms. The molecule has 166 valence electrons. The maximum absolute atomic E-state index is 13.5. The summed E-state index contributed by atoms with van der Waals surface area (Å²) in [7, 11) is 1.63. The molecule has 2 N–H and O–H groups in total. The number of guanidine groups is 1. The third kappa shape index (κ3) is 9.48. The van der Waals surface area contributed by atoms with E-state index in [9.17, 15) is 4.39 Å². The van der Waals surface area contributed by atoms with Gasteiger partial charge in [0.15, 0.2) is 5.96 Å². The van der Waals surface area contributed by atoms with E-state index in [1.165, 1.54) is 6.07 Å². The van der Waals surface area contributed by atoms with Crippen molar-refractivity contribution in [3.8, 4) is 5.88 Å². The van der Waals surface area contributed by atoms with Crippen LogP contribution in [0.1, 0.15) is 23.6 Å². The Kier molecular flexibility index (Phi) is 13.4. The highest BCUT2D eigenvalue weighted by atomic mass is 127. The summed E-state index contributed by atoms with van der Waals surface area (Å²) in [5.74, 6) is 1.83. The van der Waals surface area contributed by atoms with E-state index in [-0.39, 0.29) is 29.8 Å². The highest BCUT2D eigenvalue weighted by Gasteiger charge is 2.06. The molecule has 0 unspecified atom stereocenters. The van der Waals surface area contributed by atoms with Crippen molar-refractivity contribution in [2.75, 3.05) is 33.1 Å². The highest BCUT2D eigenvalue weighted by molar-refractivity contribution is 14.0. The van der Waals surface area contributed by atoms with Crippen LogP contribution in [0.5, 0.6) is 5.88 Å². The van der Waals surface area contributed by atoms with Crippen molar-refractivity contribution in [3.63, 3.8) is 0 Å². The maximum atomic E-state index is 13.5. The molecule has 2 aromatic rings. The molecule has 0 atom stereocenters. The van der Waals surface area contributed by atoms with Crippen molar-refractivity contribution in [2.45, 2.75) is 25.8 Å². The number of halogens is 2. The number of hydrogen-bond acceptors (Lipinski definition) is 5. The number of methoxy groups -OCH3 is 1. The molecule has 1 aromatic carbocycles. The Hall–Kier alpha value is -1.59. The fraction of sp³-hybridized carbons (Fsp3) is 0.429. The van der Waals surface area contributed by atoms with Crippen LogP contribution in [0.15, 0.2) is 41.5 Å². The van der Waals surface area contributed by atoms with Gasteiger partial charge in [0.2, 0.25) is 5.88 Å². The van der Waals surface area contributed by atoms with Crippen molar-refractivity contribution >= 4 is 41.7 Å². The third-order valence-electron chi connectivity index (χ3n) is 4.01. The molecule has 0 aliphatic rings. The molecule has 2 rings (SSSR count). The number of nitrogens with zero attached hydrogens (tertiary/aromatic N) is 2. The van der Waals surface area contributed by atoms with Gasteiger partial charge >= 0.3 is 0 Å². The summed E-state index contributed by atoms with van der Waals surface area (Å²) in [5, 5.41) is 6.55. The Labute approximate surface area is 199 Å². The first kappa shape index (κ1) is 26.4. The highest BCUT2D eigenvalue weighted by Crippen LogP contribution is 2.16. The van der Waals surface area contributed by atoms with E-state index in [0.29, 0.717) is 38.1 Å². The molecular formula is C21H30FIN4O2S. The second kappa shape index (κ2) is 15.2. The van der Waals surface area contributed by atoms with E-state index < -0.39 is 0 Å². The predicted molar refractivity (Wildman–Crippen MR) is 132 cm³/mol. The summed E-state index contributed by atoms with van der Waals surface area (Å²) in [6.45, 7) is 4.82. The minimum atomic E-state index is -0.208. The maximum Gasteiger partial charge on any atom is 0.213 e. The van der Waals surface area contributed by atoms with Gasteiger partial charge < -0.3 is 20.1 Å². The fourth-order valence-electron chi connectivity index (χ4n) is 2.57. The Morgan fingerprint density at radius 1 is 1.17 bits per heavy atom. The predicted octanol–water partition coefficient (Wildman–Crippen LogP) is 3.98. The largest absolute Gasteiger partial charge is 0.475 e. The van der Waals surface area contributed by atoms with Crippen LogP contribution in [0.25, 0.3) is 0 Å². The standard InChI is InChI=1S/C21H29FN4O2S.HI/c1-4-23-21(26-14-17-6-7-19(22)11-18(17)15-29-3)25-13-16-5-8-20(24-12-16)28-10-9-27-2;/h5-8,11-12H,4,9-10,13-15H2,1-3H3,(H2,23,25,26);1H. The number of nitrogens with one attached hydrogen (secondary N) is 2. The number of rotatable bonds is 11. The zero-order chi connectivity index (χ0) is 20.9. The number of ether oxygens (including phenoxy) is 2. The van der Waals surface area contributed by atoms with Gasteiger partial charge in [0.25, 0.3) is 0 Å². The summed E-state index contributed by atoms with van der Waals surface area (Å²) < 4.78 is 23.9. The van der Waals surface area contributed by atoms with Gasteiger partial charge in [-0.3, -0.25) is 0 Å². The first-order valence-corrected chi connectivity index (χ1v) is 10.9. The summed E-state index contributed by atoms with van der Waals surface area (Å²) >= 11 is 1.67. The van der Waals surface area contributed by atoms with Crippen LogP contribution < -0.4 is 15.4 Å². The van der Waals surface area contributed by atoms with Crippen molar-refractivity contribution < 1.29 is 13.9 Å². The second-order valence-electron chi connectivity index (χ2n) is 6.24. The third-order valence-corrected chi connectivity index (χ3v) is 4.61. The molecule has 0 spiro atoms. The van der Waals surface area contributed by atoms with Crippen molar-refractivity contribution in [1.29, 1.82) is 0 Å². The van der Waals surface area contributed by atoms with Crippen LogP contribution in [0.4, 0.5) is 4.39 Å². The summed E-state index contributed by atoms with van der Waals surface area (Å²) in [6, 6.07) is 8.68. The van der Waals surface area contributed by atoms with Crippen LogP contribution in [0.2, 0.25) is 0 Å². The number of benzene rings is 1. The number of pyridine rings is 1. The molecule has 0 radical (unpaired) electrons. The Bertz CT molecular complexity index is 778. The Balaban J connectivity index is 0.00000450. The van der Waals surface area contributed by atoms with Gasteiger partial charge in [-0.2, -0.15) is 11.8 Å². The van der Waals surface area contributed by atoms with E-state index in [1.807, 2.05) is 31.4 Å². The smallest absolute Gasteiger partial charge is 0.213 e. The molecule has 0 saturated carbocycles. The van der Waals surface area contributed by atoms with Crippen molar-refractivity contribution in [3.05, 3.63) is 59.0 Å². The van der Waals surface area contributed by atoms with Crippen LogP contribution >= 0.6 is 35.7 Å². The molecule has 1 aromatic heterocycles. The van der Waals surface area contributed by atoms with Gasteiger partial charge in [0.05, 0.1) is 13.2 Å². The average Bonchev–Trinajstić information content (AvgIpc) is 2.72. The zero-order valence-electron chi connectivity index (χ0n) is 17.6. The topological polar surface area (TPSA) is 67.8 Å². The van der Waals surface area contributed by atoms with Gasteiger partial charge in [-0.25, -0.2) is 14.4 Å². The molecule has 1 heterocycles. The van der Waals surface area contributed by atoms with E-state index in [2.05, 4.69) is 20.6 Å². The number of thioether (sulfide) groups is 1. The normalized spacial score (nSPS) is 11.0. The molecule has 30 heavy (non-hydrogen) atoms. The van der Waals surface area contributed by atoms with Gasteiger partial charge in [0.1, 0.15) is 12.4 Å². The molecule has 0 aliphatic heterocycles. The average molecular weight is 548 g/mol. The first-order valence-electron chi connectivity index (χ1n) is 9.51. The second-order valence-corrected chi connectivity index (χ2v) is 7.11. The number of hydrogen-bond donors (Lipinski definition) is 2. The summed E-state index contributed by atoms with van der Waals surface area (Å²) in [4.78, 5) is 8.89. The van der Waals surface area contributed by atoms with Crippen LogP contribution in [-0.4, -0.2) is 44.1 Å². The molecule has 0 aliphatic carbocycles. The van der Waals surface area contributed by atoms with Gasteiger partial charge in [0, 0.05) is 38.2 Å². The fourth-order valence-corrected chi connectivity index (χ4v) is 3.15. The van der Waals surface area contributed by atoms with Crippen LogP contribution in [0.3, 0.4) is 0 Å². The summed E-state index contributed by atoms with van der Waals surface area (Å²) in [6.07, 6.45) is 3.77. The number of aromatic nitrogens is 1. The van der Waals surface area contributed by atoms with Crippen molar-refractivity contribution in [2.24, 2.45) is 4.99 Å². The van der Waals surface area contributed by atoms with Crippen molar-refractivity contribution in [1.82, 2.24) is 15.6 Å². The van der Waals surface area contributed by atoms with Crippen LogP contribution in [-0.2, 0) is 23.6 Å². The molecular weight excluding hydrogens is 518 g/mol. The van der Waals surface area contributed by atoms with E-state index in [1.54, 1.807) is 31.1 Å². The quantitative estimate of drug-likeness (QED) is 0.192. The van der Waals surface area contributed by atoms with E-state index in [4.69, 9.17) is 9.47 Å². The number of aliphatic imine (C=N–C) groups is 1. The lowest BCUT2D eigenvalue weighted by Crippen LogP contribution is -2.37. The molecule has 0 amide bonds. The Morgan fingerprint density at radius 2 is 2.00 bits per heavy atom. The Morgan fingerprint density at radius 3 is 2.67 bits per heavy atom. The lowest BCUT2D eigenvalue weighted by molar-refractivity contribution is 0.143. The van der Waals surface area contributed by atoms with Gasteiger partial charge in [-0.1, -0.05) is 12.1 Å². The minimum absolute atomic E-state index is 0. The van der Waals surface area contributed by atoms with E-state index in [0.717, 1.165) is 29.0 Å². The lowest BCUT2D eigenvalue weighted by atomic mass is 10.1. The van der Waals surface area contributed by atoms with Gasteiger partial charge in [-0.05, 0) is 42.0 Å². The molecule has 6 nitrogen and oxygen atoms in total. The zero-order valence-corrected chi connectivity index (χ0v) is 20.8. The van der Waals surface area contributed by atoms with Crippen LogP contribution in [0, 0.1) is 5.82 Å². The first-order chi connectivity index (χ1) is 14.2.